The van der Waals surface area contributed by atoms with Gasteiger partial charge in [-0.15, -0.1) is 0 Å². The van der Waals surface area contributed by atoms with Crippen LogP contribution in [0.25, 0.3) is 16.8 Å². The summed E-state index contributed by atoms with van der Waals surface area (Å²) in [7, 11) is 0. The van der Waals surface area contributed by atoms with Crippen molar-refractivity contribution in [2.45, 2.75) is 110 Å². The number of ketones is 2. The number of imidazole rings is 1. The van der Waals surface area contributed by atoms with Crippen LogP contribution in [0.2, 0.25) is 0 Å². The Morgan fingerprint density at radius 1 is 0.731 bits per heavy atom. The number of aromatic nitrogens is 2. The number of rotatable bonds is 9. The highest BCUT2D eigenvalue weighted by atomic mass is 16.6. The lowest BCUT2D eigenvalue weighted by atomic mass is 9.96. The van der Waals surface area contributed by atoms with E-state index in [2.05, 4.69) is 15.0 Å². The number of nitrogens with one attached hydrogen (secondary N) is 1. The van der Waals surface area contributed by atoms with Crippen molar-refractivity contribution in [3.8, 4) is 11.3 Å². The van der Waals surface area contributed by atoms with Gasteiger partial charge in [-0.1, -0.05) is 48.5 Å². The van der Waals surface area contributed by atoms with Gasteiger partial charge in [0.15, 0.2) is 11.6 Å². The maximum atomic E-state index is 13.0. The molecule has 52 heavy (non-hydrogen) atoms. The molecule has 2 amide bonds. The summed E-state index contributed by atoms with van der Waals surface area (Å²) in [6.45, 7) is 12.4. The number of hydrogen-bond donors (Lipinski definition) is 1. The van der Waals surface area contributed by atoms with E-state index in [1.54, 1.807) is 40.3 Å². The minimum atomic E-state index is -0.572. The van der Waals surface area contributed by atoms with E-state index >= 15 is 0 Å². The van der Waals surface area contributed by atoms with Gasteiger partial charge in [0.2, 0.25) is 0 Å². The van der Waals surface area contributed by atoms with Crippen LogP contribution in [0.4, 0.5) is 9.59 Å². The molecule has 0 aliphatic carbocycles. The molecule has 1 N–H and O–H groups in total. The molecule has 11 nitrogen and oxygen atoms in total. The predicted octanol–water partition coefficient (Wildman–Crippen LogP) is 8.58. The van der Waals surface area contributed by atoms with Crippen LogP contribution >= 0.6 is 0 Å². The molecule has 6 rings (SSSR count). The lowest BCUT2D eigenvalue weighted by molar-refractivity contribution is 0.0216. The topological polar surface area (TPSA) is 134 Å². The zero-order valence-corrected chi connectivity index (χ0v) is 31.0. The summed E-state index contributed by atoms with van der Waals surface area (Å²) in [6.07, 6.45) is 7.24. The number of ether oxygens (including phenoxy) is 2. The number of likely N-dealkylation sites (tertiary alicyclic amines) is 2. The highest BCUT2D eigenvalue weighted by Crippen LogP contribution is 2.34. The number of nitrogens with zero attached hydrogens (tertiary/aromatic N) is 4. The number of amides is 2. The fourth-order valence-corrected chi connectivity index (χ4v) is 6.94. The van der Waals surface area contributed by atoms with Gasteiger partial charge in [0.25, 0.3) is 0 Å². The third kappa shape index (κ3) is 8.69. The molecule has 2 saturated heterocycles. The van der Waals surface area contributed by atoms with Crippen LogP contribution in [0, 0.1) is 0 Å². The second-order valence-corrected chi connectivity index (χ2v) is 15.8. The van der Waals surface area contributed by atoms with E-state index in [0.717, 1.165) is 53.8 Å². The Labute approximate surface area is 305 Å². The maximum absolute atomic E-state index is 13.0. The average molecular weight is 708 g/mol. The third-order valence-electron chi connectivity index (χ3n) is 9.49. The molecule has 11 heteroatoms. The lowest BCUT2D eigenvalue weighted by Gasteiger charge is -2.28. The van der Waals surface area contributed by atoms with Gasteiger partial charge in [0, 0.05) is 55.4 Å². The van der Waals surface area contributed by atoms with E-state index in [4.69, 9.17) is 9.47 Å². The van der Waals surface area contributed by atoms with Crippen molar-refractivity contribution in [1.29, 1.82) is 0 Å². The van der Waals surface area contributed by atoms with Crippen molar-refractivity contribution < 1.29 is 28.7 Å². The number of aromatic amines is 1. The standard InChI is InChI=1S/C41H49N5O6/c1-40(2,3)51-38(49)45-21-7-9-33(45)31-23-30(24-42-31)26-11-15-28(16-12-26)35(47)19-20-36(48)29-17-13-27(14-18-29)32-25-43-37(44-32)34-10-8-22-46(34)39(50)52-41(4,5)6/h11-18,24-25,33-34H,7-10,19-23H2,1-6H3,(H,43,44). The number of carbonyl (C=O) groups is 4. The molecule has 3 aliphatic rings. The summed E-state index contributed by atoms with van der Waals surface area (Å²) in [5.41, 5.74) is 4.59. The molecule has 2 unspecified atom stereocenters. The van der Waals surface area contributed by atoms with Crippen LogP contribution in [0.15, 0.2) is 65.9 Å². The van der Waals surface area contributed by atoms with Gasteiger partial charge in [-0.25, -0.2) is 14.6 Å². The molecule has 2 aromatic carbocycles. The maximum Gasteiger partial charge on any atom is 0.410 e. The van der Waals surface area contributed by atoms with E-state index in [0.29, 0.717) is 36.5 Å². The molecular formula is C41H49N5O6. The van der Waals surface area contributed by atoms with Crippen LogP contribution in [-0.4, -0.2) is 79.6 Å². The molecule has 3 aliphatic heterocycles. The van der Waals surface area contributed by atoms with Crippen LogP contribution in [0.3, 0.4) is 0 Å². The monoisotopic (exact) mass is 707 g/mol. The van der Waals surface area contributed by atoms with Crippen LogP contribution in [0.5, 0.6) is 0 Å². The molecule has 0 saturated carbocycles. The van der Waals surface area contributed by atoms with Crippen LogP contribution in [0.1, 0.15) is 125 Å². The Balaban J connectivity index is 0.989. The van der Waals surface area contributed by atoms with Gasteiger partial charge in [-0.2, -0.15) is 0 Å². The highest BCUT2D eigenvalue weighted by Gasteiger charge is 2.37. The average Bonchev–Trinajstić information content (AvgIpc) is 3.92. The van der Waals surface area contributed by atoms with Crippen LogP contribution < -0.4 is 0 Å². The quantitative estimate of drug-likeness (QED) is 0.220. The molecule has 1 aromatic heterocycles. The van der Waals surface area contributed by atoms with Gasteiger partial charge in [-0.05, 0) is 83.9 Å². The second-order valence-electron chi connectivity index (χ2n) is 15.8. The van der Waals surface area contributed by atoms with Gasteiger partial charge in [-0.3, -0.25) is 24.4 Å². The summed E-state index contributed by atoms with van der Waals surface area (Å²) in [5.74, 6) is 0.512. The number of carbonyl (C=O) groups excluding carboxylic acids is 4. The van der Waals surface area contributed by atoms with Crippen molar-refractivity contribution in [3.05, 3.63) is 83.4 Å². The number of Topliss-reactive ketones (excluding diaryl/α,β-unsaturated/α-hetero) is 2. The zero-order chi connectivity index (χ0) is 37.2. The van der Waals surface area contributed by atoms with Crippen molar-refractivity contribution in [2.24, 2.45) is 4.99 Å². The molecule has 0 radical (unpaired) electrons. The summed E-state index contributed by atoms with van der Waals surface area (Å²) in [4.78, 5) is 67.7. The first kappa shape index (κ1) is 36.7. The summed E-state index contributed by atoms with van der Waals surface area (Å²) in [5, 5.41) is 0. The first-order valence-corrected chi connectivity index (χ1v) is 18.2. The summed E-state index contributed by atoms with van der Waals surface area (Å²) >= 11 is 0. The Morgan fingerprint density at radius 2 is 1.23 bits per heavy atom. The molecule has 0 bridgehead atoms. The molecule has 2 atom stereocenters. The van der Waals surface area contributed by atoms with E-state index in [1.807, 2.05) is 72.0 Å². The molecule has 274 valence electrons. The smallest absolute Gasteiger partial charge is 0.410 e. The summed E-state index contributed by atoms with van der Waals surface area (Å²) in [6, 6.07) is 14.4. The molecule has 2 fully saturated rings. The van der Waals surface area contributed by atoms with Crippen molar-refractivity contribution in [3.63, 3.8) is 0 Å². The van der Waals surface area contributed by atoms with Gasteiger partial charge < -0.3 is 14.5 Å². The van der Waals surface area contributed by atoms with Crippen molar-refractivity contribution in [1.82, 2.24) is 19.8 Å². The summed E-state index contributed by atoms with van der Waals surface area (Å²) < 4.78 is 11.2. The fourth-order valence-electron chi connectivity index (χ4n) is 6.94. The SMILES string of the molecule is CC(C)(C)OC(=O)N1CCCC1C1=NC=C(c2ccc(C(=O)CCC(=O)c3ccc(-c4cnc(C5CCCN5C(=O)OC(C)(C)C)[nH]4)cc3)cc2)C1. The minimum Gasteiger partial charge on any atom is -0.444 e. The highest BCUT2D eigenvalue weighted by molar-refractivity contribution is 6.04. The van der Waals surface area contributed by atoms with Crippen molar-refractivity contribution >= 4 is 35.0 Å². The number of H-pyrrole nitrogens is 1. The van der Waals surface area contributed by atoms with Gasteiger partial charge in [0.1, 0.15) is 17.0 Å². The van der Waals surface area contributed by atoms with E-state index < -0.39 is 11.2 Å². The predicted molar refractivity (Wildman–Crippen MR) is 199 cm³/mol. The second kappa shape index (κ2) is 14.9. The molecule has 3 aromatic rings. The zero-order valence-electron chi connectivity index (χ0n) is 31.0. The van der Waals surface area contributed by atoms with E-state index in [9.17, 15) is 19.2 Å². The number of aliphatic imine (C=N–C) groups is 1. The lowest BCUT2D eigenvalue weighted by Crippen LogP contribution is -2.43. The molecular weight excluding hydrogens is 658 g/mol. The van der Waals surface area contributed by atoms with E-state index in [1.165, 1.54) is 0 Å². The number of allylic oxidation sites excluding steroid dienone is 1. The largest absolute Gasteiger partial charge is 0.444 e. The number of benzene rings is 2. The molecule has 4 heterocycles. The van der Waals surface area contributed by atoms with E-state index in [-0.39, 0.29) is 48.7 Å². The van der Waals surface area contributed by atoms with Crippen molar-refractivity contribution in [2.75, 3.05) is 13.1 Å². The molecule has 0 spiro atoms. The Morgan fingerprint density at radius 3 is 1.77 bits per heavy atom. The van der Waals surface area contributed by atoms with Crippen LogP contribution in [-0.2, 0) is 9.47 Å². The Hall–Kier alpha value is -5.06. The third-order valence-corrected chi connectivity index (χ3v) is 9.49. The Kier molecular flexibility index (Phi) is 10.5. The van der Waals surface area contributed by atoms with Gasteiger partial charge in [0.05, 0.1) is 24.0 Å². The first-order valence-electron chi connectivity index (χ1n) is 18.2. The Bertz CT molecular complexity index is 1880. The fraction of sp³-hybridized carbons (Fsp3) is 0.463. The number of hydrogen-bond acceptors (Lipinski definition) is 8. The minimum absolute atomic E-state index is 0.0724. The normalized spacial score (nSPS) is 19.0. The van der Waals surface area contributed by atoms with Gasteiger partial charge >= 0.3 is 12.2 Å². The first-order chi connectivity index (χ1) is 24.6.